The van der Waals surface area contributed by atoms with Crippen LogP contribution in [0.25, 0.3) is 6.08 Å². The van der Waals surface area contributed by atoms with E-state index in [1.165, 1.54) is 46.5 Å². The second-order valence-electron chi connectivity index (χ2n) is 6.80. The van der Waals surface area contributed by atoms with Crippen molar-refractivity contribution >= 4 is 33.9 Å². The fourth-order valence-electron chi connectivity index (χ4n) is 2.89. The fraction of sp³-hybridized carbons (Fsp3) is 0.273. The number of aldehydes is 1. The smallest absolute Gasteiger partial charge is 0.325 e. The quantitative estimate of drug-likeness (QED) is 0.483. The van der Waals surface area contributed by atoms with Gasteiger partial charge in [0.05, 0.1) is 32.8 Å². The van der Waals surface area contributed by atoms with Crippen molar-refractivity contribution in [1.29, 1.82) is 0 Å². The van der Waals surface area contributed by atoms with Gasteiger partial charge in [0.25, 0.3) is 0 Å². The largest absolute Gasteiger partial charge is 0.497 e. The number of benzene rings is 2. The van der Waals surface area contributed by atoms with Gasteiger partial charge in [0.2, 0.25) is 0 Å². The van der Waals surface area contributed by atoms with Crippen molar-refractivity contribution < 1.29 is 37.3 Å². The van der Waals surface area contributed by atoms with E-state index in [4.69, 9.17) is 19.3 Å². The van der Waals surface area contributed by atoms with E-state index in [0.717, 1.165) is 5.41 Å². The lowest BCUT2D eigenvalue weighted by molar-refractivity contribution is -0.137. The molecule has 0 heterocycles. The molecule has 0 spiro atoms. The van der Waals surface area contributed by atoms with E-state index in [-0.39, 0.29) is 17.1 Å². The van der Waals surface area contributed by atoms with Crippen LogP contribution < -0.4 is 19.5 Å². The number of ether oxygens (including phenoxy) is 3. The van der Waals surface area contributed by atoms with Crippen molar-refractivity contribution in [3.05, 3.63) is 52.4 Å². The molecular weight excluding hydrogens is 438 g/mol. The molecule has 0 aliphatic rings. The third kappa shape index (κ3) is 6.24. The van der Waals surface area contributed by atoms with Crippen LogP contribution in [0.2, 0.25) is 0 Å². The number of carboxylic acid groups (broad SMARTS) is 1. The summed E-state index contributed by atoms with van der Waals surface area (Å²) in [4.78, 5) is 22.6. The first-order valence-corrected chi connectivity index (χ1v) is 11.1. The lowest BCUT2D eigenvalue weighted by Crippen LogP contribution is -2.25. The second kappa shape index (κ2) is 10.7. The van der Waals surface area contributed by atoms with Crippen molar-refractivity contribution in [3.8, 4) is 17.2 Å². The molecule has 2 aromatic carbocycles. The number of nitrogens with one attached hydrogen (secondary N) is 1. The van der Waals surface area contributed by atoms with Gasteiger partial charge >= 0.3 is 5.97 Å². The number of aliphatic carboxylic acids is 1. The third-order valence-electron chi connectivity index (χ3n) is 4.55. The van der Waals surface area contributed by atoms with Crippen molar-refractivity contribution in [2.24, 2.45) is 0 Å². The zero-order valence-corrected chi connectivity index (χ0v) is 18.9. The van der Waals surface area contributed by atoms with E-state index >= 15 is 0 Å². The van der Waals surface area contributed by atoms with Crippen LogP contribution in [0.1, 0.15) is 28.4 Å². The number of hydrogen-bond acceptors (Lipinski definition) is 8. The van der Waals surface area contributed by atoms with Gasteiger partial charge < -0.3 is 24.6 Å². The van der Waals surface area contributed by atoms with Gasteiger partial charge in [-0.05, 0) is 36.8 Å². The Kier molecular flexibility index (Phi) is 8.25. The van der Waals surface area contributed by atoms with Crippen LogP contribution in [0.5, 0.6) is 17.2 Å². The van der Waals surface area contributed by atoms with E-state index < -0.39 is 21.8 Å². The van der Waals surface area contributed by atoms with Gasteiger partial charge in [-0.2, -0.15) is 0 Å². The molecule has 2 aromatic rings. The number of methoxy groups -OCH3 is 3. The summed E-state index contributed by atoms with van der Waals surface area (Å²) in [6.45, 7) is 1.46. The zero-order valence-electron chi connectivity index (χ0n) is 18.1. The van der Waals surface area contributed by atoms with Crippen LogP contribution in [0, 0.1) is 0 Å². The van der Waals surface area contributed by atoms with Crippen LogP contribution in [-0.2, 0) is 20.4 Å². The molecular formula is C22H25NO8S. The monoisotopic (exact) mass is 463 g/mol. The highest BCUT2D eigenvalue weighted by Gasteiger charge is 2.16. The molecule has 0 aromatic heterocycles. The molecule has 0 bridgehead atoms. The predicted molar refractivity (Wildman–Crippen MR) is 120 cm³/mol. The van der Waals surface area contributed by atoms with Crippen molar-refractivity contribution in [2.75, 3.05) is 26.6 Å². The molecule has 1 atom stereocenters. The average Bonchev–Trinajstić information content (AvgIpc) is 2.76. The molecule has 0 aliphatic heterocycles. The Morgan fingerprint density at radius 3 is 2.34 bits per heavy atom. The van der Waals surface area contributed by atoms with Gasteiger partial charge in [-0.25, -0.2) is 8.42 Å². The molecule has 0 aliphatic carbocycles. The van der Waals surface area contributed by atoms with E-state index in [1.54, 1.807) is 18.2 Å². The average molecular weight is 464 g/mol. The number of rotatable bonds is 11. The van der Waals surface area contributed by atoms with Gasteiger partial charge in [-0.15, -0.1) is 0 Å². The highest BCUT2D eigenvalue weighted by Crippen LogP contribution is 2.30. The van der Waals surface area contributed by atoms with Crippen molar-refractivity contribution in [3.63, 3.8) is 0 Å². The molecule has 2 N–H and O–H groups in total. The van der Waals surface area contributed by atoms with E-state index in [2.05, 4.69) is 5.32 Å². The second-order valence-corrected chi connectivity index (χ2v) is 8.69. The molecule has 32 heavy (non-hydrogen) atoms. The topological polar surface area (TPSA) is 128 Å². The highest BCUT2D eigenvalue weighted by molar-refractivity contribution is 7.93. The van der Waals surface area contributed by atoms with Crippen molar-refractivity contribution in [2.45, 2.75) is 18.7 Å². The van der Waals surface area contributed by atoms with Gasteiger partial charge in [-0.3, -0.25) is 9.59 Å². The summed E-state index contributed by atoms with van der Waals surface area (Å²) >= 11 is 0. The first-order chi connectivity index (χ1) is 15.1. The normalized spacial score (nSPS) is 12.2. The molecule has 0 saturated heterocycles. The minimum Gasteiger partial charge on any atom is -0.497 e. The number of hydrogen-bond donors (Lipinski definition) is 2. The standard InChI is InChI=1S/C22H25NO8S/c1-14(22(25)26)23-19-9-15(5-6-20(19)30-3)13-32(27,28)8-7-18-16(12-24)10-17(29-2)11-21(18)31-4/h5-12,14,23H,13H2,1-4H3,(H,25,26)/t14-/m1/s1. The Bertz CT molecular complexity index is 1120. The maximum Gasteiger partial charge on any atom is 0.325 e. The lowest BCUT2D eigenvalue weighted by Gasteiger charge is -2.15. The molecule has 9 nitrogen and oxygen atoms in total. The Morgan fingerprint density at radius 1 is 1.09 bits per heavy atom. The predicted octanol–water partition coefficient (Wildman–Crippen LogP) is 3.00. The molecule has 0 saturated carbocycles. The minimum absolute atomic E-state index is 0.214. The summed E-state index contributed by atoms with van der Waals surface area (Å²) in [5, 5.41) is 12.9. The first kappa shape index (κ1) is 24.7. The van der Waals surface area contributed by atoms with Gasteiger partial charge in [0.15, 0.2) is 16.1 Å². The van der Waals surface area contributed by atoms with Gasteiger partial charge in [0, 0.05) is 22.6 Å². The van der Waals surface area contributed by atoms with E-state index in [0.29, 0.717) is 34.6 Å². The SMILES string of the molecule is COc1cc(C=O)c(C=CS(=O)(=O)Cc2ccc(OC)c(N[C@H](C)C(=O)O)c2)c(OC)c1. The zero-order chi connectivity index (χ0) is 23.9. The van der Waals surface area contributed by atoms with Crippen LogP contribution in [0.4, 0.5) is 5.69 Å². The Hall–Kier alpha value is -3.53. The number of carbonyl (C=O) groups excluding carboxylic acids is 1. The van der Waals surface area contributed by atoms with Crippen LogP contribution in [0.15, 0.2) is 35.7 Å². The molecule has 172 valence electrons. The Balaban J connectivity index is 2.34. The summed E-state index contributed by atoms with van der Waals surface area (Å²) in [6, 6.07) is 6.78. The first-order valence-electron chi connectivity index (χ1n) is 9.42. The summed E-state index contributed by atoms with van der Waals surface area (Å²) < 4.78 is 41.0. The maximum atomic E-state index is 12.7. The maximum absolute atomic E-state index is 12.7. The minimum atomic E-state index is -3.75. The Labute approximate surface area is 186 Å². The van der Waals surface area contributed by atoms with Crippen LogP contribution in [-0.4, -0.2) is 53.2 Å². The molecule has 0 amide bonds. The molecule has 10 heteroatoms. The van der Waals surface area contributed by atoms with Crippen molar-refractivity contribution in [1.82, 2.24) is 0 Å². The third-order valence-corrected chi connectivity index (χ3v) is 5.83. The number of carbonyl (C=O) groups is 2. The van der Waals surface area contributed by atoms with E-state index in [1.807, 2.05) is 0 Å². The van der Waals surface area contributed by atoms with Gasteiger partial charge in [-0.1, -0.05) is 6.07 Å². The molecule has 0 radical (unpaired) electrons. The Morgan fingerprint density at radius 2 is 1.78 bits per heavy atom. The number of anilines is 1. The van der Waals surface area contributed by atoms with Crippen LogP contribution >= 0.6 is 0 Å². The molecule has 2 rings (SSSR count). The molecule has 0 unspecified atom stereocenters. The lowest BCUT2D eigenvalue weighted by atomic mass is 10.1. The highest BCUT2D eigenvalue weighted by atomic mass is 32.2. The van der Waals surface area contributed by atoms with Gasteiger partial charge in [0.1, 0.15) is 23.3 Å². The van der Waals surface area contributed by atoms with E-state index in [9.17, 15) is 18.0 Å². The molecule has 0 fully saturated rings. The number of sulfone groups is 1. The summed E-state index contributed by atoms with van der Waals surface area (Å²) in [6.07, 6.45) is 1.88. The number of carboxylic acids is 1. The van der Waals surface area contributed by atoms with Crippen LogP contribution in [0.3, 0.4) is 0 Å². The fourth-order valence-corrected chi connectivity index (χ4v) is 3.97. The summed E-state index contributed by atoms with van der Waals surface area (Å²) in [5.41, 5.74) is 1.30. The summed E-state index contributed by atoms with van der Waals surface area (Å²) in [7, 11) is 0.526. The summed E-state index contributed by atoms with van der Waals surface area (Å²) in [5.74, 6) is -0.339.